The predicted octanol–water partition coefficient (Wildman–Crippen LogP) is 1.52. The number of pyridine rings is 1. The summed E-state index contributed by atoms with van der Waals surface area (Å²) in [5.41, 5.74) is 0.381. The van der Waals surface area contributed by atoms with Crippen LogP contribution in [-0.4, -0.2) is 32.2 Å². The highest BCUT2D eigenvalue weighted by atomic mass is 79.9. The zero-order valence-corrected chi connectivity index (χ0v) is 11.0. The van der Waals surface area contributed by atoms with Crippen LogP contribution in [0, 0.1) is 0 Å². The Balaban J connectivity index is 2.62. The zero-order chi connectivity index (χ0) is 12.1. The maximum Gasteiger partial charge on any atom is 0.185 e. The number of aliphatic hydroxyl groups excluding tert-OH is 2. The summed E-state index contributed by atoms with van der Waals surface area (Å²) >= 11 is 4.16. The lowest BCUT2D eigenvalue weighted by atomic mass is 10.1. The van der Waals surface area contributed by atoms with E-state index >= 15 is 0 Å². The molecule has 0 spiro atoms. The molecule has 0 amide bonds. The Hall–Kier alpha value is -0.430. The van der Waals surface area contributed by atoms with Crippen LogP contribution < -0.4 is 0 Å². The minimum atomic E-state index is -1.08. The lowest BCUT2D eigenvalue weighted by Gasteiger charge is -2.16. The molecule has 0 radical (unpaired) electrons. The number of hydrogen-bond acceptors (Lipinski definition) is 5. The molecule has 0 bridgehead atoms. The number of hydrogen-bond donors (Lipinski definition) is 2. The van der Waals surface area contributed by atoms with Gasteiger partial charge in [0.2, 0.25) is 0 Å². The molecule has 2 atom stereocenters. The molecule has 1 aromatic rings. The Morgan fingerprint density at radius 2 is 2.25 bits per heavy atom. The van der Waals surface area contributed by atoms with E-state index in [9.17, 15) is 15.0 Å². The SMILES string of the molecule is CC(=O)SCC(O)C(O)c1cccc(Br)n1. The molecule has 1 aromatic heterocycles. The van der Waals surface area contributed by atoms with Crippen molar-refractivity contribution in [2.75, 3.05) is 5.75 Å². The fourth-order valence-electron chi connectivity index (χ4n) is 1.08. The van der Waals surface area contributed by atoms with Gasteiger partial charge in [-0.15, -0.1) is 0 Å². The van der Waals surface area contributed by atoms with Crippen molar-refractivity contribution in [2.45, 2.75) is 19.1 Å². The second-order valence-electron chi connectivity index (χ2n) is 3.20. The van der Waals surface area contributed by atoms with E-state index in [1.165, 1.54) is 6.92 Å². The highest BCUT2D eigenvalue weighted by Gasteiger charge is 2.20. The van der Waals surface area contributed by atoms with Crippen molar-refractivity contribution in [2.24, 2.45) is 0 Å². The van der Waals surface area contributed by atoms with Crippen LogP contribution in [0.1, 0.15) is 18.7 Å². The third-order valence-corrected chi connectivity index (χ3v) is 3.22. The summed E-state index contributed by atoms with van der Waals surface area (Å²) in [5, 5.41) is 19.3. The predicted molar refractivity (Wildman–Crippen MR) is 66.0 cm³/mol. The van der Waals surface area contributed by atoms with Gasteiger partial charge in [0.1, 0.15) is 10.7 Å². The number of carbonyl (C=O) groups is 1. The minimum Gasteiger partial charge on any atom is -0.389 e. The summed E-state index contributed by atoms with van der Waals surface area (Å²) in [7, 11) is 0. The first-order valence-electron chi connectivity index (χ1n) is 4.62. The smallest absolute Gasteiger partial charge is 0.185 e. The highest BCUT2D eigenvalue weighted by molar-refractivity contribution is 9.10. The van der Waals surface area contributed by atoms with E-state index in [0.717, 1.165) is 11.8 Å². The van der Waals surface area contributed by atoms with Crippen LogP contribution in [-0.2, 0) is 4.79 Å². The molecular weight excluding hydrogens is 294 g/mol. The molecule has 6 heteroatoms. The molecular formula is C10H12BrNO3S. The van der Waals surface area contributed by atoms with E-state index in [1.807, 2.05) is 0 Å². The number of thioether (sulfide) groups is 1. The van der Waals surface area contributed by atoms with E-state index < -0.39 is 12.2 Å². The van der Waals surface area contributed by atoms with E-state index in [2.05, 4.69) is 20.9 Å². The molecule has 4 nitrogen and oxygen atoms in total. The molecule has 88 valence electrons. The fraction of sp³-hybridized carbons (Fsp3) is 0.400. The Morgan fingerprint density at radius 1 is 1.56 bits per heavy atom. The Morgan fingerprint density at radius 3 is 2.81 bits per heavy atom. The molecule has 1 heterocycles. The van der Waals surface area contributed by atoms with Gasteiger partial charge in [0, 0.05) is 12.7 Å². The topological polar surface area (TPSA) is 70.4 Å². The lowest BCUT2D eigenvalue weighted by Crippen LogP contribution is -2.22. The highest BCUT2D eigenvalue weighted by Crippen LogP contribution is 2.19. The number of aliphatic hydroxyl groups is 2. The zero-order valence-electron chi connectivity index (χ0n) is 8.63. The maximum absolute atomic E-state index is 10.7. The van der Waals surface area contributed by atoms with Gasteiger partial charge in [0.25, 0.3) is 0 Å². The van der Waals surface area contributed by atoms with Gasteiger partial charge < -0.3 is 10.2 Å². The van der Waals surface area contributed by atoms with Crippen molar-refractivity contribution >= 4 is 32.8 Å². The minimum absolute atomic E-state index is 0.0894. The van der Waals surface area contributed by atoms with Gasteiger partial charge in [-0.05, 0) is 28.1 Å². The van der Waals surface area contributed by atoms with Crippen molar-refractivity contribution in [1.29, 1.82) is 0 Å². The first kappa shape index (κ1) is 13.6. The van der Waals surface area contributed by atoms with Crippen LogP contribution in [0.25, 0.3) is 0 Å². The van der Waals surface area contributed by atoms with Gasteiger partial charge in [-0.25, -0.2) is 4.98 Å². The lowest BCUT2D eigenvalue weighted by molar-refractivity contribution is -0.109. The van der Waals surface area contributed by atoms with Crippen LogP contribution in [0.15, 0.2) is 22.8 Å². The normalized spacial score (nSPS) is 14.5. The van der Waals surface area contributed by atoms with E-state index in [4.69, 9.17) is 0 Å². The van der Waals surface area contributed by atoms with Crippen molar-refractivity contribution in [1.82, 2.24) is 4.98 Å². The summed E-state index contributed by atoms with van der Waals surface area (Å²) < 4.78 is 0.593. The summed E-state index contributed by atoms with van der Waals surface area (Å²) in [5.74, 6) is 0.157. The van der Waals surface area contributed by atoms with Gasteiger partial charge in [-0.3, -0.25) is 4.79 Å². The van der Waals surface area contributed by atoms with Crippen LogP contribution in [0.2, 0.25) is 0 Å². The molecule has 2 unspecified atom stereocenters. The average molecular weight is 306 g/mol. The van der Waals surface area contributed by atoms with Gasteiger partial charge in [-0.1, -0.05) is 17.8 Å². The van der Waals surface area contributed by atoms with Gasteiger partial charge in [0.05, 0.1) is 11.8 Å². The van der Waals surface area contributed by atoms with Crippen molar-refractivity contribution in [3.05, 3.63) is 28.5 Å². The Kier molecular flexibility index (Phi) is 5.40. The Labute approximate surface area is 106 Å². The number of rotatable bonds is 4. The third-order valence-electron chi connectivity index (χ3n) is 1.86. The summed E-state index contributed by atoms with van der Waals surface area (Å²) in [6, 6.07) is 5.07. The van der Waals surface area contributed by atoms with Gasteiger partial charge in [0.15, 0.2) is 5.12 Å². The molecule has 0 aliphatic heterocycles. The van der Waals surface area contributed by atoms with E-state index in [-0.39, 0.29) is 10.9 Å². The van der Waals surface area contributed by atoms with Crippen molar-refractivity contribution < 1.29 is 15.0 Å². The molecule has 1 rings (SSSR count). The number of nitrogens with zero attached hydrogens (tertiary/aromatic N) is 1. The van der Waals surface area contributed by atoms with Crippen LogP contribution in [0.5, 0.6) is 0 Å². The molecule has 0 fully saturated rings. The largest absolute Gasteiger partial charge is 0.389 e. The maximum atomic E-state index is 10.7. The fourth-order valence-corrected chi connectivity index (χ4v) is 2.02. The molecule has 2 N–H and O–H groups in total. The monoisotopic (exact) mass is 305 g/mol. The van der Waals surface area contributed by atoms with Crippen LogP contribution in [0.3, 0.4) is 0 Å². The molecule has 0 aliphatic rings. The molecule has 0 saturated carbocycles. The van der Waals surface area contributed by atoms with Crippen LogP contribution >= 0.6 is 27.7 Å². The van der Waals surface area contributed by atoms with E-state index in [0.29, 0.717) is 10.3 Å². The second kappa shape index (κ2) is 6.34. The van der Waals surface area contributed by atoms with E-state index in [1.54, 1.807) is 18.2 Å². The van der Waals surface area contributed by atoms with Crippen molar-refractivity contribution in [3.63, 3.8) is 0 Å². The second-order valence-corrected chi connectivity index (χ2v) is 5.21. The molecule has 0 saturated heterocycles. The quantitative estimate of drug-likeness (QED) is 0.825. The van der Waals surface area contributed by atoms with Crippen molar-refractivity contribution in [3.8, 4) is 0 Å². The average Bonchev–Trinajstić information content (AvgIpc) is 2.24. The number of halogens is 1. The molecule has 16 heavy (non-hydrogen) atoms. The molecule has 0 aromatic carbocycles. The third kappa shape index (κ3) is 4.21. The standard InChI is InChI=1S/C10H12BrNO3S/c1-6(13)16-5-8(14)10(15)7-3-2-4-9(11)12-7/h2-4,8,10,14-15H,5H2,1H3. The Bertz CT molecular complexity index is 375. The summed E-state index contributed by atoms with van der Waals surface area (Å²) in [6.45, 7) is 1.42. The number of carbonyl (C=O) groups excluding carboxylic acids is 1. The van der Waals surface area contributed by atoms with Gasteiger partial charge >= 0.3 is 0 Å². The first-order chi connectivity index (χ1) is 7.50. The molecule has 0 aliphatic carbocycles. The summed E-state index contributed by atoms with van der Waals surface area (Å²) in [4.78, 5) is 14.7. The first-order valence-corrected chi connectivity index (χ1v) is 6.40. The van der Waals surface area contributed by atoms with Crippen LogP contribution in [0.4, 0.5) is 0 Å². The summed E-state index contributed by atoms with van der Waals surface area (Å²) in [6.07, 6.45) is -2.08. The number of aromatic nitrogens is 1. The van der Waals surface area contributed by atoms with Gasteiger partial charge in [-0.2, -0.15) is 0 Å².